The van der Waals surface area contributed by atoms with Crippen LogP contribution in [0.5, 0.6) is 5.75 Å². The van der Waals surface area contributed by atoms with Gasteiger partial charge < -0.3 is 4.74 Å². The first-order chi connectivity index (χ1) is 16.2. The molecule has 0 unspecified atom stereocenters. The van der Waals surface area contributed by atoms with Crippen LogP contribution in [-0.4, -0.2) is 34.0 Å². The number of nitrogens with one attached hydrogen (secondary N) is 1. The van der Waals surface area contributed by atoms with Crippen molar-refractivity contribution in [3.8, 4) is 11.4 Å². The molecule has 0 bridgehead atoms. The number of rotatable bonds is 8. The Labute approximate surface area is 195 Å². The highest BCUT2D eigenvalue weighted by Crippen LogP contribution is 2.22. The fourth-order valence-corrected chi connectivity index (χ4v) is 3.98. The molecule has 1 heterocycles. The van der Waals surface area contributed by atoms with Crippen LogP contribution >= 0.6 is 11.8 Å². The highest BCUT2D eigenvalue weighted by atomic mass is 32.2. The molecule has 0 radical (unpaired) electrons. The third kappa shape index (κ3) is 5.48. The van der Waals surface area contributed by atoms with Crippen molar-refractivity contribution in [3.05, 3.63) is 94.8 Å². The quantitative estimate of drug-likeness (QED) is 0.187. The molecule has 0 aliphatic carbocycles. The van der Waals surface area contributed by atoms with Crippen molar-refractivity contribution in [3.63, 3.8) is 0 Å². The molecule has 1 N–H and O–H groups in total. The number of carbonyl (C=O) groups is 1. The number of hydrazone groups is 1. The first kappa shape index (κ1) is 22.3. The molecule has 4 aromatic rings. The van der Waals surface area contributed by atoms with Gasteiger partial charge in [-0.3, -0.25) is 14.2 Å². The van der Waals surface area contributed by atoms with Gasteiger partial charge in [-0.15, -0.1) is 0 Å². The average Bonchev–Trinajstić information content (AvgIpc) is 2.84. The van der Waals surface area contributed by atoms with Crippen LogP contribution in [0.1, 0.15) is 12.5 Å². The number of para-hydroxylation sites is 1. The lowest BCUT2D eigenvalue weighted by molar-refractivity contribution is -0.118. The number of carbonyl (C=O) groups excluding carboxylic acids is 1. The molecule has 4 rings (SSSR count). The maximum Gasteiger partial charge on any atom is 0.266 e. The molecule has 8 heteroatoms. The highest BCUT2D eigenvalue weighted by Gasteiger charge is 2.15. The van der Waals surface area contributed by atoms with E-state index in [-0.39, 0.29) is 17.2 Å². The van der Waals surface area contributed by atoms with Gasteiger partial charge in [0, 0.05) is 0 Å². The zero-order chi connectivity index (χ0) is 23.0. The predicted molar refractivity (Wildman–Crippen MR) is 131 cm³/mol. The average molecular weight is 459 g/mol. The predicted octanol–water partition coefficient (Wildman–Crippen LogP) is 4.03. The van der Waals surface area contributed by atoms with Crippen LogP contribution in [0.4, 0.5) is 0 Å². The molecule has 1 amide bonds. The van der Waals surface area contributed by atoms with Crippen molar-refractivity contribution in [1.29, 1.82) is 0 Å². The molecule has 7 nitrogen and oxygen atoms in total. The van der Waals surface area contributed by atoms with E-state index in [0.29, 0.717) is 34.1 Å². The van der Waals surface area contributed by atoms with Gasteiger partial charge in [0.05, 0.1) is 35.2 Å². The summed E-state index contributed by atoms with van der Waals surface area (Å²) in [6.45, 7) is 2.47. The van der Waals surface area contributed by atoms with Crippen molar-refractivity contribution >= 4 is 34.8 Å². The van der Waals surface area contributed by atoms with Crippen LogP contribution in [0.3, 0.4) is 0 Å². The second kappa shape index (κ2) is 10.6. The number of amides is 1. The summed E-state index contributed by atoms with van der Waals surface area (Å²) in [5.74, 6) is 0.467. The first-order valence-electron chi connectivity index (χ1n) is 10.4. The smallest absolute Gasteiger partial charge is 0.266 e. The Balaban J connectivity index is 1.58. The lowest BCUT2D eigenvalue weighted by Crippen LogP contribution is -2.24. The molecule has 166 valence electrons. The first-order valence-corrected chi connectivity index (χ1v) is 11.4. The minimum Gasteiger partial charge on any atom is -0.494 e. The van der Waals surface area contributed by atoms with E-state index in [1.54, 1.807) is 48.7 Å². The summed E-state index contributed by atoms with van der Waals surface area (Å²) < 4.78 is 7.02. The monoisotopic (exact) mass is 458 g/mol. The minimum absolute atomic E-state index is 0.0495. The summed E-state index contributed by atoms with van der Waals surface area (Å²) in [6, 6.07) is 23.9. The molecule has 1 aromatic heterocycles. The van der Waals surface area contributed by atoms with Crippen molar-refractivity contribution in [2.75, 3.05) is 12.4 Å². The van der Waals surface area contributed by atoms with Crippen molar-refractivity contribution in [2.24, 2.45) is 5.10 Å². The van der Waals surface area contributed by atoms with E-state index in [4.69, 9.17) is 4.74 Å². The second-order valence-electron chi connectivity index (χ2n) is 6.97. The van der Waals surface area contributed by atoms with Crippen LogP contribution < -0.4 is 15.7 Å². The van der Waals surface area contributed by atoms with Crippen molar-refractivity contribution in [1.82, 2.24) is 15.0 Å². The summed E-state index contributed by atoms with van der Waals surface area (Å²) in [5, 5.41) is 4.92. The third-order valence-electron chi connectivity index (χ3n) is 4.69. The fraction of sp³-hybridized carbons (Fsp3) is 0.120. The van der Waals surface area contributed by atoms with Gasteiger partial charge in [-0.1, -0.05) is 54.2 Å². The molecular weight excluding hydrogens is 436 g/mol. The largest absolute Gasteiger partial charge is 0.494 e. The summed E-state index contributed by atoms with van der Waals surface area (Å²) in [6.07, 6.45) is 1.58. The second-order valence-corrected chi connectivity index (χ2v) is 7.91. The SMILES string of the molecule is CCOc1ccc(-n2c(SCC(=O)NN=Cc3ccccc3)nc3ccccc3c2=O)cc1. The molecule has 0 saturated heterocycles. The Morgan fingerprint density at radius 2 is 1.79 bits per heavy atom. The van der Waals surface area contributed by atoms with E-state index in [1.165, 1.54) is 16.3 Å². The number of fused-ring (bicyclic) bond motifs is 1. The van der Waals surface area contributed by atoms with Gasteiger partial charge in [-0.05, 0) is 48.9 Å². The van der Waals surface area contributed by atoms with E-state index >= 15 is 0 Å². The molecule has 3 aromatic carbocycles. The third-order valence-corrected chi connectivity index (χ3v) is 5.62. The number of hydrogen-bond donors (Lipinski definition) is 1. The van der Waals surface area contributed by atoms with Crippen LogP contribution in [0.2, 0.25) is 0 Å². The summed E-state index contributed by atoms with van der Waals surface area (Å²) in [5.41, 5.74) is 4.42. The van der Waals surface area contributed by atoms with Crippen LogP contribution in [-0.2, 0) is 4.79 Å². The molecule has 33 heavy (non-hydrogen) atoms. The number of hydrogen-bond acceptors (Lipinski definition) is 6. The van der Waals surface area contributed by atoms with E-state index in [2.05, 4.69) is 15.5 Å². The van der Waals surface area contributed by atoms with Gasteiger partial charge in [-0.25, -0.2) is 10.4 Å². The molecule has 0 saturated carbocycles. The number of benzene rings is 3. The van der Waals surface area contributed by atoms with E-state index in [1.807, 2.05) is 43.3 Å². The molecule has 0 spiro atoms. The van der Waals surface area contributed by atoms with Gasteiger partial charge in [0.1, 0.15) is 5.75 Å². The number of thioether (sulfide) groups is 1. The van der Waals surface area contributed by atoms with Gasteiger partial charge in [-0.2, -0.15) is 5.10 Å². The standard InChI is InChI=1S/C25H22N4O3S/c1-2-32-20-14-12-19(13-15-20)29-24(31)21-10-6-7-11-22(21)27-25(29)33-17-23(30)28-26-16-18-8-4-3-5-9-18/h3-16H,2,17H2,1H3,(H,28,30). The fourth-order valence-electron chi connectivity index (χ4n) is 3.18. The molecule has 0 aliphatic heterocycles. The van der Waals surface area contributed by atoms with E-state index < -0.39 is 0 Å². The Hall–Kier alpha value is -3.91. The Bertz CT molecular complexity index is 1340. The summed E-state index contributed by atoms with van der Waals surface area (Å²) in [7, 11) is 0. The molecule has 0 aliphatic rings. The molecular formula is C25H22N4O3S. The van der Waals surface area contributed by atoms with Gasteiger partial charge in [0.15, 0.2) is 5.16 Å². The van der Waals surface area contributed by atoms with Crippen LogP contribution in [0.15, 0.2) is 93.9 Å². The van der Waals surface area contributed by atoms with Crippen LogP contribution in [0.25, 0.3) is 16.6 Å². The lowest BCUT2D eigenvalue weighted by Gasteiger charge is -2.13. The molecule has 0 atom stereocenters. The maximum absolute atomic E-state index is 13.3. The Morgan fingerprint density at radius 1 is 1.06 bits per heavy atom. The summed E-state index contributed by atoms with van der Waals surface area (Å²) in [4.78, 5) is 30.3. The maximum atomic E-state index is 13.3. The van der Waals surface area contributed by atoms with Gasteiger partial charge in [0.2, 0.25) is 0 Å². The van der Waals surface area contributed by atoms with Gasteiger partial charge in [0.25, 0.3) is 11.5 Å². The molecule has 0 fully saturated rings. The topological polar surface area (TPSA) is 85.6 Å². The number of ether oxygens (including phenoxy) is 1. The number of aromatic nitrogens is 2. The van der Waals surface area contributed by atoms with Crippen molar-refractivity contribution < 1.29 is 9.53 Å². The zero-order valence-electron chi connectivity index (χ0n) is 18.0. The normalized spacial score (nSPS) is 11.1. The van der Waals surface area contributed by atoms with Crippen LogP contribution in [0, 0.1) is 0 Å². The van der Waals surface area contributed by atoms with E-state index in [0.717, 1.165) is 5.56 Å². The lowest BCUT2D eigenvalue weighted by atomic mass is 10.2. The number of nitrogens with zero attached hydrogens (tertiary/aromatic N) is 3. The zero-order valence-corrected chi connectivity index (χ0v) is 18.8. The van der Waals surface area contributed by atoms with Gasteiger partial charge >= 0.3 is 0 Å². The highest BCUT2D eigenvalue weighted by molar-refractivity contribution is 7.99. The van der Waals surface area contributed by atoms with Crippen molar-refractivity contribution in [2.45, 2.75) is 12.1 Å². The Morgan fingerprint density at radius 3 is 2.55 bits per heavy atom. The Kier molecular flexibility index (Phi) is 7.16. The van der Waals surface area contributed by atoms with E-state index in [9.17, 15) is 9.59 Å². The minimum atomic E-state index is -0.298. The summed E-state index contributed by atoms with van der Waals surface area (Å²) >= 11 is 1.17.